The number of aromatic nitrogens is 3. The molecule has 0 fully saturated rings. The average Bonchev–Trinajstić information content (AvgIpc) is 2.88. The van der Waals surface area contributed by atoms with Crippen LogP contribution >= 0.6 is 0 Å². The highest BCUT2D eigenvalue weighted by molar-refractivity contribution is 7.89. The van der Waals surface area contributed by atoms with Crippen LogP contribution in [0.25, 0.3) is 0 Å². The second-order valence-electron chi connectivity index (χ2n) is 5.79. The van der Waals surface area contributed by atoms with E-state index in [0.717, 1.165) is 5.82 Å². The number of rotatable bonds is 4. The molecule has 1 aliphatic heterocycles. The largest absolute Gasteiger partial charge is 0.491 e. The Hall–Kier alpha value is -1.93. The van der Waals surface area contributed by atoms with Gasteiger partial charge in [0.05, 0.1) is 17.5 Å². The molecule has 1 aliphatic rings. The summed E-state index contributed by atoms with van der Waals surface area (Å²) in [7, 11) is -3.54. The molecule has 1 aromatic heterocycles. The van der Waals surface area contributed by atoms with Crippen molar-refractivity contribution in [3.8, 4) is 5.75 Å². The molecule has 0 aliphatic carbocycles. The fourth-order valence-corrected chi connectivity index (χ4v) is 3.98. The van der Waals surface area contributed by atoms with E-state index in [0.29, 0.717) is 24.7 Å². The van der Waals surface area contributed by atoms with Crippen LogP contribution in [-0.2, 0) is 23.1 Å². The summed E-state index contributed by atoms with van der Waals surface area (Å²) >= 11 is 0. The average molecular weight is 336 g/mol. The van der Waals surface area contributed by atoms with Gasteiger partial charge < -0.3 is 9.30 Å². The maximum Gasteiger partial charge on any atom is 0.243 e. The van der Waals surface area contributed by atoms with Gasteiger partial charge in [0.2, 0.25) is 10.0 Å². The van der Waals surface area contributed by atoms with Crippen molar-refractivity contribution < 1.29 is 13.2 Å². The molecule has 7 nitrogen and oxygen atoms in total. The van der Waals surface area contributed by atoms with Crippen molar-refractivity contribution in [3.05, 3.63) is 35.9 Å². The molecule has 0 radical (unpaired) electrons. The molecular formula is C15H20N4O3S. The summed E-state index contributed by atoms with van der Waals surface area (Å²) in [5, 5.41) is 8.05. The van der Waals surface area contributed by atoms with E-state index in [-0.39, 0.29) is 17.5 Å². The molecule has 8 heteroatoms. The first-order chi connectivity index (χ1) is 10.9. The lowest BCUT2D eigenvalue weighted by Crippen LogP contribution is -2.38. The van der Waals surface area contributed by atoms with Crippen molar-refractivity contribution in [3.63, 3.8) is 0 Å². The molecule has 0 amide bonds. The van der Waals surface area contributed by atoms with Crippen molar-refractivity contribution in [1.29, 1.82) is 0 Å². The summed E-state index contributed by atoms with van der Waals surface area (Å²) in [6.45, 7) is 6.95. The van der Waals surface area contributed by atoms with E-state index < -0.39 is 10.0 Å². The zero-order chi connectivity index (χ0) is 16.6. The fraction of sp³-hybridized carbons (Fsp3) is 0.467. The topological polar surface area (TPSA) is 77.3 Å². The van der Waals surface area contributed by atoms with Gasteiger partial charge in [0.1, 0.15) is 17.4 Å². The first kappa shape index (κ1) is 15.9. The standard InChI is InChI=1S/C15H20N4O3S/c1-11(2)22-13-4-6-14(7-5-13)23(20,21)18-8-9-19-12(3)16-17-15(19)10-18/h4-7,11H,8-10H2,1-3H3. The highest BCUT2D eigenvalue weighted by atomic mass is 32.2. The lowest BCUT2D eigenvalue weighted by Gasteiger charge is -2.27. The van der Waals surface area contributed by atoms with Gasteiger partial charge >= 0.3 is 0 Å². The van der Waals surface area contributed by atoms with E-state index in [2.05, 4.69) is 10.2 Å². The first-order valence-corrected chi connectivity index (χ1v) is 8.97. The summed E-state index contributed by atoms with van der Waals surface area (Å²) < 4.78 is 34.5. The van der Waals surface area contributed by atoms with Gasteiger partial charge in [-0.05, 0) is 45.0 Å². The van der Waals surface area contributed by atoms with Crippen molar-refractivity contribution >= 4 is 10.0 Å². The Labute approximate surface area is 135 Å². The van der Waals surface area contributed by atoms with E-state index >= 15 is 0 Å². The molecule has 124 valence electrons. The van der Waals surface area contributed by atoms with E-state index in [4.69, 9.17) is 4.74 Å². The van der Waals surface area contributed by atoms with Crippen LogP contribution in [0.5, 0.6) is 5.75 Å². The first-order valence-electron chi connectivity index (χ1n) is 7.53. The van der Waals surface area contributed by atoms with E-state index in [1.807, 2.05) is 25.3 Å². The minimum absolute atomic E-state index is 0.0501. The normalized spacial score (nSPS) is 15.7. The SMILES string of the molecule is Cc1nnc2n1CCN(S(=O)(=O)c1ccc(OC(C)C)cc1)C2. The smallest absolute Gasteiger partial charge is 0.243 e. The molecule has 0 saturated carbocycles. The molecule has 0 N–H and O–H groups in total. The highest BCUT2D eigenvalue weighted by Crippen LogP contribution is 2.23. The summed E-state index contributed by atoms with van der Waals surface area (Å²) in [5.74, 6) is 2.15. The molecule has 1 aromatic carbocycles. The minimum atomic E-state index is -3.54. The molecule has 2 heterocycles. The Bertz CT molecular complexity index is 797. The third-order valence-electron chi connectivity index (χ3n) is 3.74. The Balaban J connectivity index is 1.82. The van der Waals surface area contributed by atoms with E-state index in [9.17, 15) is 8.42 Å². The number of benzene rings is 1. The summed E-state index contributed by atoms with van der Waals surface area (Å²) in [5.41, 5.74) is 0. The Kier molecular flexibility index (Phi) is 4.11. The number of ether oxygens (including phenoxy) is 1. The zero-order valence-electron chi connectivity index (χ0n) is 13.4. The quantitative estimate of drug-likeness (QED) is 0.847. The number of hydrogen-bond donors (Lipinski definition) is 0. The molecule has 2 aromatic rings. The third kappa shape index (κ3) is 3.09. The molecular weight excluding hydrogens is 316 g/mol. The summed E-state index contributed by atoms with van der Waals surface area (Å²) in [6, 6.07) is 6.53. The van der Waals surface area contributed by atoms with Crippen LogP contribution in [-0.4, -0.2) is 40.1 Å². The Morgan fingerprint density at radius 2 is 1.83 bits per heavy atom. The van der Waals surface area contributed by atoms with Crippen LogP contribution in [0, 0.1) is 6.92 Å². The van der Waals surface area contributed by atoms with Gasteiger partial charge in [-0.25, -0.2) is 8.42 Å². The predicted molar refractivity (Wildman–Crippen MR) is 84.6 cm³/mol. The van der Waals surface area contributed by atoms with Crippen molar-refractivity contribution in [2.45, 2.75) is 44.9 Å². The Morgan fingerprint density at radius 1 is 1.13 bits per heavy atom. The third-order valence-corrected chi connectivity index (χ3v) is 5.60. The van der Waals surface area contributed by atoms with Gasteiger partial charge in [0, 0.05) is 13.1 Å². The molecule has 0 unspecified atom stereocenters. The maximum absolute atomic E-state index is 12.8. The van der Waals surface area contributed by atoms with Crippen LogP contribution in [0.4, 0.5) is 0 Å². The van der Waals surface area contributed by atoms with Gasteiger partial charge in [-0.15, -0.1) is 10.2 Å². The monoisotopic (exact) mass is 336 g/mol. The van der Waals surface area contributed by atoms with Crippen LogP contribution in [0.2, 0.25) is 0 Å². The molecule has 0 spiro atoms. The molecule has 0 atom stereocenters. The number of nitrogens with zero attached hydrogens (tertiary/aromatic N) is 4. The lowest BCUT2D eigenvalue weighted by atomic mass is 10.3. The van der Waals surface area contributed by atoms with Crippen LogP contribution < -0.4 is 4.74 Å². The molecule has 3 rings (SSSR count). The second-order valence-corrected chi connectivity index (χ2v) is 7.73. The van der Waals surface area contributed by atoms with Gasteiger partial charge in [-0.2, -0.15) is 4.31 Å². The van der Waals surface area contributed by atoms with Crippen molar-refractivity contribution in [2.24, 2.45) is 0 Å². The van der Waals surface area contributed by atoms with Crippen molar-refractivity contribution in [2.75, 3.05) is 6.54 Å². The fourth-order valence-electron chi connectivity index (χ4n) is 2.60. The van der Waals surface area contributed by atoms with Gasteiger partial charge in [-0.1, -0.05) is 0 Å². The van der Waals surface area contributed by atoms with Gasteiger partial charge in [-0.3, -0.25) is 0 Å². The highest BCUT2D eigenvalue weighted by Gasteiger charge is 2.30. The molecule has 0 saturated heterocycles. The number of sulfonamides is 1. The summed E-state index contributed by atoms with van der Waals surface area (Å²) in [6.07, 6.45) is 0.0501. The predicted octanol–water partition coefficient (Wildman–Crippen LogP) is 1.58. The Morgan fingerprint density at radius 3 is 2.48 bits per heavy atom. The van der Waals surface area contributed by atoms with E-state index in [1.165, 1.54) is 4.31 Å². The molecule has 0 bridgehead atoms. The molecule has 23 heavy (non-hydrogen) atoms. The number of aryl methyl sites for hydroxylation is 1. The second kappa shape index (κ2) is 5.93. The zero-order valence-corrected chi connectivity index (χ0v) is 14.2. The minimum Gasteiger partial charge on any atom is -0.491 e. The van der Waals surface area contributed by atoms with Gasteiger partial charge in [0.15, 0.2) is 0 Å². The number of hydrogen-bond acceptors (Lipinski definition) is 5. The van der Waals surface area contributed by atoms with Crippen LogP contribution in [0.15, 0.2) is 29.2 Å². The lowest BCUT2D eigenvalue weighted by molar-refractivity contribution is 0.242. The van der Waals surface area contributed by atoms with Crippen LogP contribution in [0.1, 0.15) is 25.5 Å². The van der Waals surface area contributed by atoms with Crippen LogP contribution in [0.3, 0.4) is 0 Å². The van der Waals surface area contributed by atoms with Crippen molar-refractivity contribution in [1.82, 2.24) is 19.1 Å². The summed E-state index contributed by atoms with van der Waals surface area (Å²) in [4.78, 5) is 0.262. The maximum atomic E-state index is 12.8. The van der Waals surface area contributed by atoms with Gasteiger partial charge in [0.25, 0.3) is 0 Å². The van der Waals surface area contributed by atoms with E-state index in [1.54, 1.807) is 24.3 Å². The number of fused-ring (bicyclic) bond motifs is 1.